The number of nitro groups is 1. The molecule has 0 radical (unpaired) electrons. The van der Waals surface area contributed by atoms with Crippen LogP contribution in [0.15, 0.2) is 12.3 Å². The van der Waals surface area contributed by atoms with Gasteiger partial charge in [-0.2, -0.15) is 5.26 Å². The van der Waals surface area contributed by atoms with Gasteiger partial charge in [-0.25, -0.2) is 4.98 Å². The van der Waals surface area contributed by atoms with Gasteiger partial charge < -0.3 is 10.4 Å². The predicted molar refractivity (Wildman–Crippen MR) is 65.5 cm³/mol. The third kappa shape index (κ3) is 3.38. The fourth-order valence-electron chi connectivity index (χ4n) is 1.16. The molecule has 8 nitrogen and oxygen atoms in total. The highest BCUT2D eigenvalue weighted by atomic mass is 16.6. The van der Waals surface area contributed by atoms with Crippen LogP contribution in [0.25, 0.3) is 0 Å². The molecule has 2 N–H and O–H groups in total. The summed E-state index contributed by atoms with van der Waals surface area (Å²) in [6.45, 7) is 3.07. The number of nitrogens with zero attached hydrogens (tertiary/aromatic N) is 3. The second-order valence-corrected chi connectivity index (χ2v) is 4.50. The van der Waals surface area contributed by atoms with Crippen molar-refractivity contribution in [3.8, 4) is 6.07 Å². The maximum absolute atomic E-state index is 10.9. The standard InChI is InChI=1S/C11H12N4O4/c1-11(2,10(16)17)6-14-9-7(4-12)3-8(5-13-9)15(18)19/h3,5H,6H2,1-2H3,(H,13,14)(H,16,17). The van der Waals surface area contributed by atoms with Gasteiger partial charge in [0.25, 0.3) is 5.69 Å². The molecular formula is C11H12N4O4. The molecule has 0 saturated carbocycles. The van der Waals surface area contributed by atoms with Gasteiger partial charge in [-0.15, -0.1) is 0 Å². The zero-order valence-electron chi connectivity index (χ0n) is 10.4. The summed E-state index contributed by atoms with van der Waals surface area (Å²) in [6, 6.07) is 2.87. The summed E-state index contributed by atoms with van der Waals surface area (Å²) >= 11 is 0. The first-order chi connectivity index (χ1) is 8.77. The zero-order valence-corrected chi connectivity index (χ0v) is 10.4. The number of aliphatic carboxylic acids is 1. The molecule has 8 heteroatoms. The first kappa shape index (κ1) is 14.4. The Morgan fingerprint density at radius 3 is 2.79 bits per heavy atom. The van der Waals surface area contributed by atoms with E-state index in [4.69, 9.17) is 10.4 Å². The molecule has 0 spiro atoms. The van der Waals surface area contributed by atoms with Crippen LogP contribution in [0.4, 0.5) is 11.5 Å². The van der Waals surface area contributed by atoms with Crippen LogP contribution in [0.3, 0.4) is 0 Å². The number of nitrogens with one attached hydrogen (secondary N) is 1. The van der Waals surface area contributed by atoms with Gasteiger partial charge in [-0.1, -0.05) is 0 Å². The SMILES string of the molecule is CC(C)(CNc1ncc([N+](=O)[O-])cc1C#N)C(=O)O. The Balaban J connectivity index is 2.94. The van der Waals surface area contributed by atoms with Gasteiger partial charge in [0, 0.05) is 12.6 Å². The molecule has 0 amide bonds. The van der Waals surface area contributed by atoms with E-state index in [1.54, 1.807) is 6.07 Å². The van der Waals surface area contributed by atoms with Crippen LogP contribution in [0, 0.1) is 26.9 Å². The number of anilines is 1. The first-order valence-corrected chi connectivity index (χ1v) is 5.30. The quantitative estimate of drug-likeness (QED) is 0.607. The van der Waals surface area contributed by atoms with E-state index in [1.807, 2.05) is 0 Å². The molecule has 0 aliphatic rings. The van der Waals surface area contributed by atoms with E-state index in [0.29, 0.717) is 0 Å². The molecule has 100 valence electrons. The smallest absolute Gasteiger partial charge is 0.310 e. The number of hydrogen-bond donors (Lipinski definition) is 2. The van der Waals surface area contributed by atoms with Crippen molar-refractivity contribution in [1.82, 2.24) is 4.98 Å². The Hall–Kier alpha value is -2.69. The second-order valence-electron chi connectivity index (χ2n) is 4.50. The van der Waals surface area contributed by atoms with E-state index in [9.17, 15) is 14.9 Å². The van der Waals surface area contributed by atoms with Crippen LogP contribution >= 0.6 is 0 Å². The number of carbonyl (C=O) groups is 1. The second kappa shape index (κ2) is 5.30. The molecule has 19 heavy (non-hydrogen) atoms. The third-order valence-corrected chi connectivity index (χ3v) is 2.48. The van der Waals surface area contributed by atoms with Crippen molar-refractivity contribution in [2.75, 3.05) is 11.9 Å². The summed E-state index contributed by atoms with van der Waals surface area (Å²) in [5, 5.41) is 31.1. The molecule has 0 unspecified atom stereocenters. The van der Waals surface area contributed by atoms with Crippen molar-refractivity contribution in [3.05, 3.63) is 27.9 Å². The number of pyridine rings is 1. The number of carboxylic acid groups (broad SMARTS) is 1. The summed E-state index contributed by atoms with van der Waals surface area (Å²) in [7, 11) is 0. The molecule has 1 heterocycles. The highest BCUT2D eigenvalue weighted by Gasteiger charge is 2.27. The van der Waals surface area contributed by atoms with Crippen LogP contribution in [-0.2, 0) is 4.79 Å². The van der Waals surface area contributed by atoms with Gasteiger partial charge in [0.1, 0.15) is 23.6 Å². The average molecular weight is 264 g/mol. The maximum atomic E-state index is 10.9. The van der Waals surface area contributed by atoms with Gasteiger partial charge in [0.15, 0.2) is 0 Å². The van der Waals surface area contributed by atoms with Gasteiger partial charge >= 0.3 is 5.97 Å². The molecule has 1 rings (SSSR count). The number of carboxylic acids is 1. The van der Waals surface area contributed by atoms with Crippen molar-refractivity contribution in [3.63, 3.8) is 0 Å². The van der Waals surface area contributed by atoms with Crippen LogP contribution in [-0.4, -0.2) is 27.5 Å². The lowest BCUT2D eigenvalue weighted by Crippen LogP contribution is -2.32. The summed E-state index contributed by atoms with van der Waals surface area (Å²) < 4.78 is 0. The Bertz CT molecular complexity index is 562. The van der Waals surface area contributed by atoms with E-state index < -0.39 is 16.3 Å². The molecule has 0 aliphatic carbocycles. The van der Waals surface area contributed by atoms with E-state index in [2.05, 4.69) is 10.3 Å². The van der Waals surface area contributed by atoms with Gasteiger partial charge in [0.05, 0.1) is 10.3 Å². The van der Waals surface area contributed by atoms with Gasteiger partial charge in [-0.05, 0) is 13.8 Å². The summed E-state index contributed by atoms with van der Waals surface area (Å²) in [6.07, 6.45) is 1.01. The van der Waals surface area contributed by atoms with E-state index in [0.717, 1.165) is 12.3 Å². The lowest BCUT2D eigenvalue weighted by Gasteiger charge is -2.20. The van der Waals surface area contributed by atoms with Crippen LogP contribution in [0.1, 0.15) is 19.4 Å². The molecule has 1 aromatic rings. The molecule has 0 aromatic carbocycles. The monoisotopic (exact) mass is 264 g/mol. The van der Waals surface area contributed by atoms with Crippen LogP contribution in [0.2, 0.25) is 0 Å². The Morgan fingerprint density at radius 1 is 1.68 bits per heavy atom. The lowest BCUT2D eigenvalue weighted by atomic mass is 9.94. The first-order valence-electron chi connectivity index (χ1n) is 5.30. The minimum atomic E-state index is -1.05. The minimum absolute atomic E-state index is 0.00427. The van der Waals surface area contributed by atoms with Crippen molar-refractivity contribution in [1.29, 1.82) is 5.26 Å². The Kier molecular flexibility index (Phi) is 4.01. The molecule has 0 bridgehead atoms. The van der Waals surface area contributed by atoms with Crippen LogP contribution < -0.4 is 5.32 Å². The van der Waals surface area contributed by atoms with Crippen molar-refractivity contribution in [2.45, 2.75) is 13.8 Å². The highest BCUT2D eigenvalue weighted by molar-refractivity contribution is 5.74. The fourth-order valence-corrected chi connectivity index (χ4v) is 1.16. The summed E-state index contributed by atoms with van der Waals surface area (Å²) in [5.74, 6) is -0.872. The molecule has 1 aromatic heterocycles. The van der Waals surface area contributed by atoms with Gasteiger partial charge in [-0.3, -0.25) is 14.9 Å². The lowest BCUT2D eigenvalue weighted by molar-refractivity contribution is -0.385. The molecule has 0 fully saturated rings. The van der Waals surface area contributed by atoms with Crippen molar-refractivity contribution >= 4 is 17.5 Å². The van der Waals surface area contributed by atoms with E-state index in [1.165, 1.54) is 13.8 Å². The van der Waals surface area contributed by atoms with Crippen LogP contribution in [0.5, 0.6) is 0 Å². The predicted octanol–water partition coefficient (Wildman–Crippen LogP) is 1.38. The normalized spacial score (nSPS) is 10.6. The summed E-state index contributed by atoms with van der Waals surface area (Å²) in [4.78, 5) is 24.6. The third-order valence-electron chi connectivity index (χ3n) is 2.48. The Labute approximate surface area is 108 Å². The van der Waals surface area contributed by atoms with Crippen molar-refractivity contribution < 1.29 is 14.8 Å². The summed E-state index contributed by atoms with van der Waals surface area (Å²) in [5.41, 5.74) is -1.34. The average Bonchev–Trinajstić information content (AvgIpc) is 2.35. The van der Waals surface area contributed by atoms with E-state index in [-0.39, 0.29) is 23.6 Å². The van der Waals surface area contributed by atoms with Crippen molar-refractivity contribution in [2.24, 2.45) is 5.41 Å². The molecule has 0 saturated heterocycles. The number of nitriles is 1. The van der Waals surface area contributed by atoms with E-state index >= 15 is 0 Å². The molecule has 0 aliphatic heterocycles. The molecule has 0 atom stereocenters. The van der Waals surface area contributed by atoms with Gasteiger partial charge in [0.2, 0.25) is 0 Å². The number of rotatable bonds is 5. The number of hydrogen-bond acceptors (Lipinski definition) is 6. The Morgan fingerprint density at radius 2 is 2.32 bits per heavy atom. The topological polar surface area (TPSA) is 129 Å². The highest BCUT2D eigenvalue weighted by Crippen LogP contribution is 2.21. The largest absolute Gasteiger partial charge is 0.481 e. The maximum Gasteiger partial charge on any atom is 0.310 e. The zero-order chi connectivity index (χ0) is 14.6. The minimum Gasteiger partial charge on any atom is -0.481 e. The molecular weight excluding hydrogens is 252 g/mol. The fraction of sp³-hybridized carbons (Fsp3) is 0.364. The number of aromatic nitrogens is 1.